The number of aliphatic hydroxyl groups is 1. The van der Waals surface area contributed by atoms with Gasteiger partial charge in [0, 0.05) is 17.1 Å². The number of amides is 1. The lowest BCUT2D eigenvalue weighted by molar-refractivity contribution is -0.141. The van der Waals surface area contributed by atoms with Crippen molar-refractivity contribution in [1.29, 1.82) is 0 Å². The van der Waals surface area contributed by atoms with Crippen LogP contribution in [0.4, 0.5) is 13.2 Å². The Labute approximate surface area is 177 Å². The SMILES string of the molecule is CC(C(=O)NCc1cc(C(F)(F)F)nn1C1CCCC1)c1c[nH]c2ccc(CO)cc12. The number of benzene rings is 1. The molecule has 0 radical (unpaired) electrons. The molecule has 0 aliphatic heterocycles. The number of nitrogens with zero attached hydrogens (tertiary/aromatic N) is 2. The van der Waals surface area contributed by atoms with Crippen LogP contribution in [-0.2, 0) is 24.1 Å². The molecule has 1 aliphatic carbocycles. The molecule has 6 nitrogen and oxygen atoms in total. The number of aromatic nitrogens is 3. The number of halogens is 3. The molecule has 1 atom stereocenters. The second kappa shape index (κ2) is 8.37. The number of carbonyl (C=O) groups is 1. The van der Waals surface area contributed by atoms with Gasteiger partial charge in [-0.3, -0.25) is 9.48 Å². The van der Waals surface area contributed by atoms with Crippen molar-refractivity contribution in [2.45, 2.75) is 63.9 Å². The fraction of sp³-hybridized carbons (Fsp3) is 0.455. The maximum absolute atomic E-state index is 13.2. The molecule has 1 saturated carbocycles. The highest BCUT2D eigenvalue weighted by Crippen LogP contribution is 2.34. The average Bonchev–Trinajstić information content (AvgIpc) is 3.49. The van der Waals surface area contributed by atoms with Gasteiger partial charge in [0.25, 0.3) is 0 Å². The van der Waals surface area contributed by atoms with Gasteiger partial charge in [-0.15, -0.1) is 0 Å². The molecule has 2 aromatic heterocycles. The highest BCUT2D eigenvalue weighted by atomic mass is 19.4. The molecule has 0 saturated heterocycles. The van der Waals surface area contributed by atoms with Gasteiger partial charge in [0.05, 0.1) is 30.8 Å². The molecule has 2 heterocycles. The van der Waals surface area contributed by atoms with E-state index < -0.39 is 17.8 Å². The summed E-state index contributed by atoms with van der Waals surface area (Å²) in [6.07, 6.45) is 0.735. The zero-order valence-corrected chi connectivity index (χ0v) is 17.2. The third kappa shape index (κ3) is 4.32. The maximum Gasteiger partial charge on any atom is 0.435 e. The minimum absolute atomic E-state index is 0.0208. The van der Waals surface area contributed by atoms with Crippen molar-refractivity contribution in [3.05, 3.63) is 53.0 Å². The van der Waals surface area contributed by atoms with E-state index in [0.717, 1.165) is 53.8 Å². The second-order valence-corrected chi connectivity index (χ2v) is 8.12. The number of aromatic amines is 1. The van der Waals surface area contributed by atoms with Crippen molar-refractivity contribution in [3.63, 3.8) is 0 Å². The highest BCUT2D eigenvalue weighted by Gasteiger charge is 2.36. The van der Waals surface area contributed by atoms with Crippen LogP contribution >= 0.6 is 0 Å². The lowest BCUT2D eigenvalue weighted by Gasteiger charge is -2.16. The molecule has 4 rings (SSSR count). The first kappa shape index (κ1) is 21.4. The van der Waals surface area contributed by atoms with Crippen LogP contribution in [-0.4, -0.2) is 25.8 Å². The number of alkyl halides is 3. The highest BCUT2D eigenvalue weighted by molar-refractivity contribution is 5.92. The minimum Gasteiger partial charge on any atom is -0.392 e. The molecule has 31 heavy (non-hydrogen) atoms. The van der Waals surface area contributed by atoms with Crippen LogP contribution in [0.5, 0.6) is 0 Å². The molecule has 3 aromatic rings. The Kier molecular flexibility index (Phi) is 5.79. The lowest BCUT2D eigenvalue weighted by atomic mass is 9.98. The second-order valence-electron chi connectivity index (χ2n) is 8.12. The van der Waals surface area contributed by atoms with E-state index in [1.165, 1.54) is 4.68 Å². The van der Waals surface area contributed by atoms with Gasteiger partial charge >= 0.3 is 6.18 Å². The molecule has 0 bridgehead atoms. The molecule has 1 aliphatic rings. The third-order valence-corrected chi connectivity index (χ3v) is 6.04. The van der Waals surface area contributed by atoms with E-state index in [1.54, 1.807) is 19.2 Å². The Hall–Kier alpha value is -2.81. The van der Waals surface area contributed by atoms with Crippen molar-refractivity contribution in [2.75, 3.05) is 0 Å². The van der Waals surface area contributed by atoms with Crippen molar-refractivity contribution >= 4 is 16.8 Å². The fourth-order valence-electron chi connectivity index (χ4n) is 4.29. The van der Waals surface area contributed by atoms with Crippen molar-refractivity contribution in [2.24, 2.45) is 0 Å². The van der Waals surface area contributed by atoms with Crippen LogP contribution < -0.4 is 5.32 Å². The van der Waals surface area contributed by atoms with Gasteiger partial charge in [0.1, 0.15) is 0 Å². The summed E-state index contributed by atoms with van der Waals surface area (Å²) in [6.45, 7) is 1.62. The van der Waals surface area contributed by atoms with E-state index in [-0.39, 0.29) is 25.1 Å². The van der Waals surface area contributed by atoms with Gasteiger partial charge in [-0.25, -0.2) is 0 Å². The van der Waals surface area contributed by atoms with E-state index in [2.05, 4.69) is 15.4 Å². The fourth-order valence-corrected chi connectivity index (χ4v) is 4.29. The zero-order chi connectivity index (χ0) is 22.2. The van der Waals surface area contributed by atoms with Gasteiger partial charge in [-0.2, -0.15) is 18.3 Å². The van der Waals surface area contributed by atoms with Crippen LogP contribution in [0.2, 0.25) is 0 Å². The van der Waals surface area contributed by atoms with Gasteiger partial charge in [-0.1, -0.05) is 18.9 Å². The van der Waals surface area contributed by atoms with Crippen LogP contribution in [0.3, 0.4) is 0 Å². The molecule has 1 aromatic carbocycles. The first-order valence-electron chi connectivity index (χ1n) is 10.4. The van der Waals surface area contributed by atoms with Crippen molar-refractivity contribution in [1.82, 2.24) is 20.1 Å². The Balaban J connectivity index is 1.52. The first-order valence-corrected chi connectivity index (χ1v) is 10.4. The summed E-state index contributed by atoms with van der Waals surface area (Å²) in [5, 5.41) is 16.8. The number of hydrogen-bond acceptors (Lipinski definition) is 3. The minimum atomic E-state index is -4.52. The predicted molar refractivity (Wildman–Crippen MR) is 109 cm³/mol. The maximum atomic E-state index is 13.2. The normalized spacial score (nSPS) is 16.2. The molecule has 1 amide bonds. The van der Waals surface area contributed by atoms with Crippen LogP contribution in [0, 0.1) is 0 Å². The van der Waals surface area contributed by atoms with E-state index in [0.29, 0.717) is 5.69 Å². The molecule has 0 spiro atoms. The zero-order valence-electron chi connectivity index (χ0n) is 17.2. The quantitative estimate of drug-likeness (QED) is 0.537. The summed E-state index contributed by atoms with van der Waals surface area (Å²) in [5.74, 6) is -0.810. The summed E-state index contributed by atoms with van der Waals surface area (Å²) >= 11 is 0. The smallest absolute Gasteiger partial charge is 0.392 e. The number of hydrogen-bond donors (Lipinski definition) is 3. The van der Waals surface area contributed by atoms with Gasteiger partial charge in [0.15, 0.2) is 5.69 Å². The summed E-state index contributed by atoms with van der Waals surface area (Å²) in [4.78, 5) is 15.9. The first-order chi connectivity index (χ1) is 14.8. The number of nitrogens with one attached hydrogen (secondary N) is 2. The number of rotatable bonds is 6. The predicted octanol–water partition coefficient (Wildman–Crippen LogP) is 4.41. The summed E-state index contributed by atoms with van der Waals surface area (Å²) in [6, 6.07) is 6.44. The largest absolute Gasteiger partial charge is 0.435 e. The van der Waals surface area contributed by atoms with Gasteiger partial charge < -0.3 is 15.4 Å². The topological polar surface area (TPSA) is 82.9 Å². The summed E-state index contributed by atoms with van der Waals surface area (Å²) in [5.41, 5.74) is 1.79. The Bertz CT molecular complexity index is 1080. The standard InChI is InChI=1S/C22H25F3N4O2/c1-13(18-11-26-19-7-6-14(12-30)8-17(18)19)21(31)27-10-16-9-20(22(23,24)25)28-29(16)15-4-2-3-5-15/h6-9,11,13,15,26,30H,2-5,10,12H2,1H3,(H,27,31). The molecule has 166 valence electrons. The number of fused-ring (bicyclic) bond motifs is 1. The van der Waals surface area contributed by atoms with Crippen LogP contribution in [0.25, 0.3) is 10.9 Å². The van der Waals surface area contributed by atoms with E-state index in [9.17, 15) is 23.1 Å². The Morgan fingerprint density at radius 2 is 2.06 bits per heavy atom. The van der Waals surface area contributed by atoms with Crippen LogP contribution in [0.15, 0.2) is 30.5 Å². The average molecular weight is 434 g/mol. The molecule has 3 N–H and O–H groups in total. The molecule has 9 heteroatoms. The number of aliphatic hydroxyl groups excluding tert-OH is 1. The molecule has 1 unspecified atom stereocenters. The van der Waals surface area contributed by atoms with Crippen LogP contribution in [0.1, 0.15) is 67.1 Å². The molecule has 1 fully saturated rings. The van der Waals surface area contributed by atoms with E-state index >= 15 is 0 Å². The summed E-state index contributed by atoms with van der Waals surface area (Å²) < 4.78 is 41.1. The third-order valence-electron chi connectivity index (χ3n) is 6.04. The van der Waals surface area contributed by atoms with E-state index in [1.807, 2.05) is 12.1 Å². The monoisotopic (exact) mass is 434 g/mol. The Morgan fingerprint density at radius 3 is 2.74 bits per heavy atom. The molecular weight excluding hydrogens is 409 g/mol. The van der Waals surface area contributed by atoms with Gasteiger partial charge in [-0.05, 0) is 49.1 Å². The lowest BCUT2D eigenvalue weighted by Crippen LogP contribution is -2.29. The van der Waals surface area contributed by atoms with Gasteiger partial charge in [0.2, 0.25) is 5.91 Å². The Morgan fingerprint density at radius 1 is 1.32 bits per heavy atom. The number of H-pyrrole nitrogens is 1. The molecular formula is C22H25F3N4O2. The van der Waals surface area contributed by atoms with Crippen molar-refractivity contribution in [3.8, 4) is 0 Å². The number of carbonyl (C=O) groups excluding carboxylic acids is 1. The summed E-state index contributed by atoms with van der Waals surface area (Å²) in [7, 11) is 0. The van der Waals surface area contributed by atoms with Crippen molar-refractivity contribution < 1.29 is 23.1 Å². The van der Waals surface area contributed by atoms with E-state index in [4.69, 9.17) is 0 Å².